The van der Waals surface area contributed by atoms with Gasteiger partial charge in [-0.25, -0.2) is 0 Å². The molecule has 4 heteroatoms. The van der Waals surface area contributed by atoms with Gasteiger partial charge in [0.25, 0.3) is 0 Å². The van der Waals surface area contributed by atoms with Crippen LogP contribution >= 0.6 is 23.2 Å². The highest BCUT2D eigenvalue weighted by atomic mass is 79.9. The number of rotatable bonds is 8. The van der Waals surface area contributed by atoms with Gasteiger partial charge in [0.1, 0.15) is 13.1 Å². The molecule has 7 rings (SSSR count). The predicted octanol–water partition coefficient (Wildman–Crippen LogP) is 9.74. The minimum absolute atomic E-state index is 0. The lowest BCUT2D eigenvalue weighted by atomic mass is 9.82. The minimum atomic E-state index is 0. The molecule has 0 spiro atoms. The summed E-state index contributed by atoms with van der Waals surface area (Å²) >= 11 is 12.9. The number of unbranched alkanes of at least 4 members (excludes halogenated alkanes) is 2. The normalized spacial score (nSPS) is 13.6. The molecule has 0 saturated carbocycles. The molecule has 1 nitrogen and oxygen atoms in total. The van der Waals surface area contributed by atoms with E-state index in [9.17, 15) is 0 Å². The molecule has 0 aromatic heterocycles. The van der Waals surface area contributed by atoms with Crippen molar-refractivity contribution >= 4 is 44.7 Å². The van der Waals surface area contributed by atoms with Crippen molar-refractivity contribution in [1.29, 1.82) is 0 Å². The molecule has 0 saturated heterocycles. The first-order chi connectivity index (χ1) is 22.0. The second-order valence-corrected chi connectivity index (χ2v) is 13.7. The van der Waals surface area contributed by atoms with Crippen LogP contribution in [-0.2, 0) is 13.1 Å². The molecule has 234 valence electrons. The van der Waals surface area contributed by atoms with Crippen molar-refractivity contribution in [2.45, 2.75) is 52.6 Å². The van der Waals surface area contributed by atoms with E-state index in [1.807, 2.05) is 24.3 Å². The van der Waals surface area contributed by atoms with Gasteiger partial charge in [-0.15, -0.1) is 0 Å². The number of benzene rings is 6. The summed E-state index contributed by atoms with van der Waals surface area (Å²) in [5, 5.41) is 6.74. The Morgan fingerprint density at radius 1 is 0.543 bits per heavy atom. The lowest BCUT2D eigenvalue weighted by molar-refractivity contribution is -0.953. The van der Waals surface area contributed by atoms with Crippen molar-refractivity contribution in [1.82, 2.24) is 0 Å². The van der Waals surface area contributed by atoms with Crippen molar-refractivity contribution in [2.24, 2.45) is 0 Å². The molecule has 0 N–H and O–H groups in total. The average Bonchev–Trinajstić information content (AvgIpc) is 3.22. The molecule has 1 heterocycles. The van der Waals surface area contributed by atoms with Gasteiger partial charge in [-0.1, -0.05) is 123 Å². The van der Waals surface area contributed by atoms with Crippen LogP contribution in [0.15, 0.2) is 109 Å². The number of hydrogen-bond donors (Lipinski definition) is 0. The smallest absolute Gasteiger partial charge is 0.106 e. The molecule has 0 atom stereocenters. The Bertz CT molecular complexity index is 1850. The topological polar surface area (TPSA) is 0 Å². The molecule has 6 aromatic carbocycles. The van der Waals surface area contributed by atoms with Crippen LogP contribution in [0, 0.1) is 0 Å². The highest BCUT2D eigenvalue weighted by Gasteiger charge is 2.37. The van der Waals surface area contributed by atoms with Crippen LogP contribution in [0.3, 0.4) is 0 Å². The zero-order valence-electron chi connectivity index (χ0n) is 26.6. The first-order valence-electron chi connectivity index (χ1n) is 16.5. The number of fused-ring (bicyclic) bond motifs is 7. The average molecular weight is 710 g/mol. The van der Waals surface area contributed by atoms with E-state index in [1.165, 1.54) is 91.7 Å². The van der Waals surface area contributed by atoms with E-state index in [4.69, 9.17) is 23.2 Å². The van der Waals surface area contributed by atoms with E-state index < -0.39 is 0 Å². The van der Waals surface area contributed by atoms with Crippen LogP contribution in [0.1, 0.15) is 50.7 Å². The van der Waals surface area contributed by atoms with E-state index in [2.05, 4.69) is 98.8 Å². The summed E-state index contributed by atoms with van der Waals surface area (Å²) in [5.41, 5.74) is 10.8. The number of quaternary nitrogens is 1. The maximum atomic E-state index is 6.43. The van der Waals surface area contributed by atoms with E-state index >= 15 is 0 Å². The summed E-state index contributed by atoms with van der Waals surface area (Å²) in [6, 6.07) is 39.8. The number of nitrogens with zero attached hydrogens (tertiary/aromatic N) is 1. The predicted molar refractivity (Wildman–Crippen MR) is 195 cm³/mol. The third kappa shape index (κ3) is 6.14. The Labute approximate surface area is 294 Å². The molecule has 0 radical (unpaired) electrons. The minimum Gasteiger partial charge on any atom is -1.00 e. The van der Waals surface area contributed by atoms with Gasteiger partial charge in [-0.2, -0.15) is 0 Å². The third-order valence-corrected chi connectivity index (χ3v) is 10.3. The van der Waals surface area contributed by atoms with Crippen LogP contribution < -0.4 is 17.0 Å². The fourth-order valence-corrected chi connectivity index (χ4v) is 7.85. The Balaban J connectivity index is 0.00000372. The fourth-order valence-electron chi connectivity index (χ4n) is 7.60. The standard InChI is InChI=1S/C42H40Cl2N.BrH/c1-3-5-23-45(24-6-4-2)27-39-37(29-15-19-33(43)20-16-29)25-31-11-7-9-13-35(31)41(39)42-36-14-10-8-12-32(36)26-38(40(42)28-45)30-17-21-34(44)22-18-30;/h7-22,25-26H,3-6,23-24,27-28H2,1-2H3;1H/q+1;/p-1. The summed E-state index contributed by atoms with van der Waals surface area (Å²) in [6.45, 7) is 8.98. The Morgan fingerprint density at radius 3 is 1.33 bits per heavy atom. The fraction of sp³-hybridized carbons (Fsp3) is 0.238. The van der Waals surface area contributed by atoms with E-state index in [0.29, 0.717) is 0 Å². The Kier molecular flexibility index (Phi) is 9.92. The highest BCUT2D eigenvalue weighted by Crippen LogP contribution is 2.50. The maximum absolute atomic E-state index is 6.43. The Morgan fingerprint density at radius 2 is 0.935 bits per heavy atom. The largest absolute Gasteiger partial charge is 1.00 e. The maximum Gasteiger partial charge on any atom is 0.106 e. The quantitative estimate of drug-likeness (QED) is 0.138. The molecule has 46 heavy (non-hydrogen) atoms. The molecule has 0 aliphatic carbocycles. The van der Waals surface area contributed by atoms with Gasteiger partial charge in [0.05, 0.1) is 13.1 Å². The SMILES string of the molecule is CCCC[N+]1(CCCC)Cc2c(-c3ccc(Cl)cc3)cc3ccccc3c2-c2c(c(-c3ccc(Cl)cc3)cc3ccccc23)C1.[Br-]. The van der Waals surface area contributed by atoms with Gasteiger partial charge in [-0.05, 0) is 93.0 Å². The first kappa shape index (κ1) is 32.8. The molecule has 0 unspecified atom stereocenters. The van der Waals surface area contributed by atoms with Gasteiger partial charge < -0.3 is 21.5 Å². The first-order valence-corrected chi connectivity index (χ1v) is 17.2. The lowest BCUT2D eigenvalue weighted by Crippen LogP contribution is -3.00. The van der Waals surface area contributed by atoms with Gasteiger partial charge in [0.15, 0.2) is 0 Å². The molecule has 0 fully saturated rings. The van der Waals surface area contributed by atoms with E-state index in [0.717, 1.165) is 40.7 Å². The Hall–Kier alpha value is -3.14. The van der Waals surface area contributed by atoms with Crippen molar-refractivity contribution in [3.63, 3.8) is 0 Å². The molecule has 6 aromatic rings. The van der Waals surface area contributed by atoms with E-state index in [-0.39, 0.29) is 17.0 Å². The van der Waals surface area contributed by atoms with Crippen molar-refractivity contribution < 1.29 is 21.5 Å². The molecule has 1 aliphatic heterocycles. The number of halogens is 3. The second-order valence-electron chi connectivity index (χ2n) is 12.8. The van der Waals surface area contributed by atoms with Crippen molar-refractivity contribution in [2.75, 3.05) is 13.1 Å². The molecular formula is C42H40BrCl2N. The molecular weight excluding hydrogens is 669 g/mol. The summed E-state index contributed by atoms with van der Waals surface area (Å²) in [4.78, 5) is 0. The summed E-state index contributed by atoms with van der Waals surface area (Å²) in [6.07, 6.45) is 4.80. The van der Waals surface area contributed by atoms with Crippen LogP contribution in [0.2, 0.25) is 10.0 Å². The molecule has 0 amide bonds. The number of hydrogen-bond acceptors (Lipinski definition) is 0. The van der Waals surface area contributed by atoms with E-state index in [1.54, 1.807) is 0 Å². The van der Waals surface area contributed by atoms with Crippen LogP contribution in [-0.4, -0.2) is 17.6 Å². The monoisotopic (exact) mass is 707 g/mol. The van der Waals surface area contributed by atoms with Gasteiger partial charge in [-0.3, -0.25) is 0 Å². The summed E-state index contributed by atoms with van der Waals surface area (Å²) < 4.78 is 1.06. The van der Waals surface area contributed by atoms with Crippen LogP contribution in [0.25, 0.3) is 54.9 Å². The molecule has 0 bridgehead atoms. The highest BCUT2D eigenvalue weighted by molar-refractivity contribution is 6.31. The second kappa shape index (κ2) is 13.9. The third-order valence-electron chi connectivity index (χ3n) is 9.83. The van der Waals surface area contributed by atoms with Crippen LogP contribution in [0.4, 0.5) is 0 Å². The van der Waals surface area contributed by atoms with Crippen molar-refractivity contribution in [3.8, 4) is 33.4 Å². The zero-order chi connectivity index (χ0) is 31.0. The van der Waals surface area contributed by atoms with Gasteiger partial charge >= 0.3 is 0 Å². The van der Waals surface area contributed by atoms with Gasteiger partial charge in [0.2, 0.25) is 0 Å². The van der Waals surface area contributed by atoms with Crippen LogP contribution in [0.5, 0.6) is 0 Å². The van der Waals surface area contributed by atoms with Crippen molar-refractivity contribution in [3.05, 3.63) is 130 Å². The summed E-state index contributed by atoms with van der Waals surface area (Å²) in [7, 11) is 0. The zero-order valence-corrected chi connectivity index (χ0v) is 29.7. The summed E-state index contributed by atoms with van der Waals surface area (Å²) in [5.74, 6) is 0. The lowest BCUT2D eigenvalue weighted by Gasteiger charge is -2.39. The van der Waals surface area contributed by atoms with Gasteiger partial charge in [0, 0.05) is 32.3 Å². The molecule has 1 aliphatic rings.